The van der Waals surface area contributed by atoms with E-state index in [2.05, 4.69) is 25.6 Å². The lowest BCUT2D eigenvalue weighted by molar-refractivity contribution is -0.155. The molecule has 8 N–H and O–H groups in total. The molecule has 0 saturated heterocycles. The number of allylic oxidation sites excluding steroid dienone is 1. The van der Waals surface area contributed by atoms with Crippen LogP contribution in [0.15, 0.2) is 53.6 Å². The van der Waals surface area contributed by atoms with Crippen LogP contribution in [0, 0.1) is 17.8 Å². The fraction of sp³-hybridized carbons (Fsp3) is 0.684. The average Bonchev–Trinajstić information content (AvgIpc) is 3.44. The molecule has 2 unspecified atom stereocenters. The molecule has 0 fully saturated rings. The summed E-state index contributed by atoms with van der Waals surface area (Å²) in [4.78, 5) is 134. The Balaban J connectivity index is 2.44. The maximum Gasteiger partial charge on any atom is 0.481 e. The van der Waals surface area contributed by atoms with Crippen LogP contribution in [-0.2, 0) is 76.7 Å². The number of carbonyl (C=O) groups is 8. The molecule has 0 spiro atoms. The van der Waals surface area contributed by atoms with E-state index in [1.165, 1.54) is 45.8 Å². The van der Waals surface area contributed by atoms with Crippen molar-refractivity contribution in [3.63, 3.8) is 0 Å². The Hall–Kier alpha value is -5.52. The number of nitrogens with zero attached hydrogens (tertiary/aromatic N) is 2. The SMILES string of the molecule is C/C=C(\C)[C@H]1OC(=O)[C@@H](C)NC(=O)[C@H]([C@H](C)CC)NC(=O)CN(C)C(=O)[C@@H](Cc2ccccc2)N(C)C(=O)[C@H](C)NC(=O)[C@@H](CC(C)C)OC(=O)/C(C)=C/C[C@H](OC(=O)NCCCCCCCOP(=O)(O)OP(=O)(O)OCCCCCN)[C@@H]1C. The molecule has 0 bridgehead atoms. The summed E-state index contributed by atoms with van der Waals surface area (Å²) >= 11 is 0. The quantitative estimate of drug-likeness (QED) is 0.0186. The standard InChI is InChI=1S/C57H95N7O18P2/c1-13-38(5)49-52(67)61-43(10)56(71)81-50(39(6)14-2)41(8)46(80-57(72)59-31-23-16-15-17-24-32-77-83(73,74)82-84(75,76)78-33-25-19-22-30-58)29-28-40(7)55(70)79-47(34-37(3)4)51(66)60-42(9)53(68)64(12)45(35-44-26-20-18-21-27-44)54(69)63(11)36-48(65)62-49/h14,18,20-21,26-28,37-38,41-43,45-47,49-50H,13,15-17,19,22-25,29-36,58H2,1-12H3,(H,59,72)(H,60,66)(H,61,67)(H,62,65)(H,73,74)(H,75,76)/b39-14+,40-28+/t38-,41+,42+,43-,45-,46+,47-,49+,50-/m1/s1. The molecule has 11 atom stereocenters. The first kappa shape index (κ1) is 74.6. The monoisotopic (exact) mass is 1230 g/mol. The Morgan fingerprint density at radius 2 is 1.42 bits per heavy atom. The van der Waals surface area contributed by atoms with Crippen LogP contribution in [0.5, 0.6) is 0 Å². The first-order valence-corrected chi connectivity index (χ1v) is 31.9. The summed E-state index contributed by atoms with van der Waals surface area (Å²) in [6.07, 6.45) is 3.53. The lowest BCUT2D eigenvalue weighted by Crippen LogP contribution is -2.57. The zero-order chi connectivity index (χ0) is 63.3. The number of esters is 2. The number of unbranched alkanes of at least 4 members (excludes halogenated alkanes) is 6. The van der Waals surface area contributed by atoms with Gasteiger partial charge >= 0.3 is 33.7 Å². The maximum atomic E-state index is 14.3. The van der Waals surface area contributed by atoms with E-state index in [1.54, 1.807) is 64.1 Å². The second-order valence-electron chi connectivity index (χ2n) is 21.8. The van der Waals surface area contributed by atoms with Crippen molar-refractivity contribution in [2.24, 2.45) is 23.5 Å². The third-order valence-electron chi connectivity index (χ3n) is 14.2. The number of carbonyl (C=O) groups excluding carboxylic acids is 8. The molecule has 0 aliphatic carbocycles. The molecule has 1 aliphatic heterocycles. The fourth-order valence-electron chi connectivity index (χ4n) is 8.78. The average molecular weight is 1230 g/mol. The molecule has 0 saturated carbocycles. The van der Waals surface area contributed by atoms with E-state index in [1.807, 2.05) is 20.8 Å². The Morgan fingerprint density at radius 1 is 0.833 bits per heavy atom. The molecule has 476 valence electrons. The van der Waals surface area contributed by atoms with Crippen molar-refractivity contribution in [2.45, 2.75) is 189 Å². The number of ether oxygens (including phenoxy) is 3. The van der Waals surface area contributed by atoms with Crippen molar-refractivity contribution in [3.8, 4) is 0 Å². The van der Waals surface area contributed by atoms with Gasteiger partial charge in [0, 0.05) is 45.0 Å². The number of benzene rings is 1. The van der Waals surface area contributed by atoms with Gasteiger partial charge in [-0.3, -0.25) is 33.0 Å². The van der Waals surface area contributed by atoms with Crippen molar-refractivity contribution in [1.82, 2.24) is 31.1 Å². The molecule has 0 radical (unpaired) electrons. The zero-order valence-electron chi connectivity index (χ0n) is 51.1. The molecular weight excluding hydrogens is 1130 g/mol. The number of hydrogen-bond acceptors (Lipinski definition) is 17. The van der Waals surface area contributed by atoms with Crippen LogP contribution < -0.4 is 27.0 Å². The highest BCUT2D eigenvalue weighted by atomic mass is 31.3. The topological polar surface area (TPSA) is 347 Å². The minimum Gasteiger partial charge on any atom is -0.456 e. The minimum absolute atomic E-state index is 0.0388. The van der Waals surface area contributed by atoms with Gasteiger partial charge in [0.15, 0.2) is 6.10 Å². The van der Waals surface area contributed by atoms with Gasteiger partial charge in [0.25, 0.3) is 5.91 Å². The van der Waals surface area contributed by atoms with E-state index >= 15 is 0 Å². The van der Waals surface area contributed by atoms with Gasteiger partial charge in [-0.1, -0.05) is 103 Å². The third-order valence-corrected chi connectivity index (χ3v) is 16.9. The molecule has 1 aliphatic rings. The van der Waals surface area contributed by atoms with E-state index in [4.69, 9.17) is 29.0 Å². The summed E-state index contributed by atoms with van der Waals surface area (Å²) in [6.45, 7) is 16.3. The van der Waals surface area contributed by atoms with Gasteiger partial charge < -0.3 is 60.8 Å². The van der Waals surface area contributed by atoms with Crippen LogP contribution in [0.25, 0.3) is 0 Å². The van der Waals surface area contributed by atoms with E-state index < -0.39 is 124 Å². The lowest BCUT2D eigenvalue weighted by Gasteiger charge is -2.33. The van der Waals surface area contributed by atoms with Crippen molar-refractivity contribution in [2.75, 3.05) is 46.9 Å². The second kappa shape index (κ2) is 37.8. The van der Waals surface area contributed by atoms with Crippen molar-refractivity contribution in [3.05, 3.63) is 59.2 Å². The predicted octanol–water partition coefficient (Wildman–Crippen LogP) is 6.30. The minimum atomic E-state index is -4.90. The molecule has 1 heterocycles. The number of amides is 6. The molecule has 2 rings (SSSR count). The third kappa shape index (κ3) is 27.2. The highest BCUT2D eigenvalue weighted by Gasteiger charge is 2.39. The van der Waals surface area contributed by atoms with Crippen LogP contribution in [0.4, 0.5) is 4.79 Å². The van der Waals surface area contributed by atoms with E-state index in [-0.39, 0.29) is 50.5 Å². The Kier molecular flexibility index (Phi) is 33.6. The van der Waals surface area contributed by atoms with Crippen molar-refractivity contribution < 1.29 is 84.8 Å². The first-order chi connectivity index (χ1) is 39.5. The zero-order valence-corrected chi connectivity index (χ0v) is 52.9. The van der Waals surface area contributed by atoms with Crippen molar-refractivity contribution in [1.29, 1.82) is 0 Å². The van der Waals surface area contributed by atoms with E-state index in [0.29, 0.717) is 75.5 Å². The number of alkyl carbamates (subject to hydrolysis) is 1. The number of phosphoric acid groups is 2. The molecule has 1 aromatic carbocycles. The van der Waals surface area contributed by atoms with Gasteiger partial charge in [-0.05, 0) is 103 Å². The maximum absolute atomic E-state index is 14.3. The molecular formula is C57H95N7O18P2. The van der Waals surface area contributed by atoms with Crippen molar-refractivity contribution >= 4 is 63.2 Å². The summed E-state index contributed by atoms with van der Waals surface area (Å²) < 4.78 is 56.2. The first-order valence-electron chi connectivity index (χ1n) is 28.9. The molecule has 27 heteroatoms. The van der Waals surface area contributed by atoms with Crippen LogP contribution in [0.2, 0.25) is 0 Å². The Labute approximate surface area is 495 Å². The van der Waals surface area contributed by atoms with E-state index in [9.17, 15) is 57.3 Å². The Morgan fingerprint density at radius 3 is 2.00 bits per heavy atom. The molecule has 25 nitrogen and oxygen atoms in total. The number of nitrogens with two attached hydrogens (primary N) is 1. The van der Waals surface area contributed by atoms with Crippen LogP contribution >= 0.6 is 15.6 Å². The largest absolute Gasteiger partial charge is 0.481 e. The summed E-state index contributed by atoms with van der Waals surface area (Å²) in [6, 6.07) is 4.10. The normalized spacial score (nSPS) is 25.2. The van der Waals surface area contributed by atoms with E-state index in [0.717, 1.165) is 4.90 Å². The van der Waals surface area contributed by atoms with Gasteiger partial charge in [0.05, 0.1) is 19.8 Å². The van der Waals surface area contributed by atoms with Gasteiger partial charge in [-0.15, -0.1) is 0 Å². The number of rotatable bonds is 25. The van der Waals surface area contributed by atoms with Gasteiger partial charge in [-0.2, -0.15) is 4.31 Å². The second-order valence-corrected chi connectivity index (χ2v) is 24.9. The van der Waals surface area contributed by atoms with Crippen LogP contribution in [-0.4, -0.2) is 157 Å². The number of likely N-dealkylation sites (N-methyl/N-ethyl adjacent to an activating group) is 2. The van der Waals surface area contributed by atoms with Crippen LogP contribution in [0.1, 0.15) is 145 Å². The summed E-state index contributed by atoms with van der Waals surface area (Å²) in [5.41, 5.74) is 6.72. The highest BCUT2D eigenvalue weighted by Crippen LogP contribution is 2.60. The molecule has 0 aromatic heterocycles. The van der Waals surface area contributed by atoms with Gasteiger partial charge in [0.2, 0.25) is 23.6 Å². The molecule has 84 heavy (non-hydrogen) atoms. The number of phosphoric ester groups is 2. The number of hydrogen-bond donors (Lipinski definition) is 7. The predicted molar refractivity (Wildman–Crippen MR) is 314 cm³/mol. The Bertz CT molecular complexity index is 2470. The van der Waals surface area contributed by atoms with Gasteiger partial charge in [0.1, 0.15) is 36.4 Å². The lowest BCUT2D eigenvalue weighted by atomic mass is 9.90. The number of nitrogens with one attached hydrogen (secondary N) is 4. The summed E-state index contributed by atoms with van der Waals surface area (Å²) in [5, 5.41) is 10.8. The summed E-state index contributed by atoms with van der Waals surface area (Å²) in [7, 11) is -6.95. The molecule has 1 aromatic rings. The smallest absolute Gasteiger partial charge is 0.456 e. The summed E-state index contributed by atoms with van der Waals surface area (Å²) in [5.74, 6) is -6.58. The number of cyclic esters (lactones) is 2. The highest BCUT2D eigenvalue weighted by molar-refractivity contribution is 7.61. The van der Waals surface area contributed by atoms with Crippen LogP contribution in [0.3, 0.4) is 0 Å². The molecule has 6 amide bonds. The van der Waals surface area contributed by atoms with Gasteiger partial charge in [-0.25, -0.2) is 23.5 Å². The fourth-order valence-corrected chi connectivity index (χ4v) is 10.9.